The summed E-state index contributed by atoms with van der Waals surface area (Å²) in [6.07, 6.45) is 1.11. The van der Waals surface area contributed by atoms with Crippen LogP contribution in [-0.4, -0.2) is 38.1 Å². The number of anilines is 1. The molecule has 192 valence electrons. The number of thioether (sulfide) groups is 1. The molecule has 1 N–H and O–H groups in total. The van der Waals surface area contributed by atoms with Gasteiger partial charge in [0.05, 0.1) is 45.8 Å². The Labute approximate surface area is 219 Å². The van der Waals surface area contributed by atoms with Crippen LogP contribution in [0.3, 0.4) is 0 Å². The summed E-state index contributed by atoms with van der Waals surface area (Å²) >= 11 is 1.72. The number of pyridine rings is 2. The number of cyclic esters (lactones) is 1. The molecule has 0 unspecified atom stereocenters. The zero-order valence-corrected chi connectivity index (χ0v) is 22.3. The van der Waals surface area contributed by atoms with E-state index in [-0.39, 0.29) is 18.6 Å². The second-order valence-electron chi connectivity index (χ2n) is 10.2. The number of nitrogens with zero attached hydrogens (tertiary/aromatic N) is 4. The van der Waals surface area contributed by atoms with Crippen LogP contribution in [-0.2, 0) is 28.3 Å². The lowest BCUT2D eigenvalue weighted by Crippen LogP contribution is -2.44. The number of aliphatic hydroxyl groups is 1. The van der Waals surface area contributed by atoms with Gasteiger partial charge in [-0.25, -0.2) is 14.8 Å². The van der Waals surface area contributed by atoms with Gasteiger partial charge in [-0.15, -0.1) is 0 Å². The highest BCUT2D eigenvalue weighted by Crippen LogP contribution is 2.48. The number of hydrogen-bond donors (Lipinski definition) is 1. The third kappa shape index (κ3) is 3.47. The normalized spacial score (nSPS) is 19.6. The molecule has 6 rings (SSSR count). The first-order valence-electron chi connectivity index (χ1n) is 12.9. The molecule has 3 aliphatic heterocycles. The highest BCUT2D eigenvalue weighted by molar-refractivity contribution is 8.14. The molecular weight excluding hydrogens is 488 g/mol. The van der Waals surface area contributed by atoms with E-state index >= 15 is 0 Å². The van der Waals surface area contributed by atoms with E-state index in [4.69, 9.17) is 14.7 Å². The van der Waals surface area contributed by atoms with Crippen LogP contribution in [0, 0.1) is 5.92 Å². The molecule has 8 nitrogen and oxygen atoms in total. The van der Waals surface area contributed by atoms with E-state index in [0.717, 1.165) is 51.7 Å². The van der Waals surface area contributed by atoms with Gasteiger partial charge in [0.25, 0.3) is 5.56 Å². The number of ether oxygens (including phenoxy) is 1. The molecule has 3 aromatic rings. The molecule has 1 atom stereocenters. The van der Waals surface area contributed by atoms with E-state index in [9.17, 15) is 14.7 Å². The molecule has 0 bridgehead atoms. The fourth-order valence-corrected chi connectivity index (χ4v) is 6.33. The standard InChI is InChI=1S/C28H30N4O4S/c1-5-28(35)18-12-21-23-16(13-32(21)25(33)17(18)14-36-26(28)34)24-22-19(29-23)8-7-9-20(22)30-27(37-6-2)31(24)11-10-15(3)4/h7-9,12,15,35H,5-6,10-11,13-14H2,1-4H3/t28-/m0/s1. The average Bonchev–Trinajstić information content (AvgIpc) is 3.25. The van der Waals surface area contributed by atoms with Gasteiger partial charge in [0.1, 0.15) is 6.61 Å². The Bertz CT molecular complexity index is 1560. The third-order valence-corrected chi connectivity index (χ3v) is 8.44. The highest BCUT2D eigenvalue weighted by atomic mass is 32.2. The minimum atomic E-state index is -1.84. The van der Waals surface area contributed by atoms with Gasteiger partial charge in [-0.1, -0.05) is 45.5 Å². The van der Waals surface area contributed by atoms with E-state index < -0.39 is 11.6 Å². The molecule has 5 heterocycles. The smallest absolute Gasteiger partial charge is 0.343 e. The molecule has 0 amide bonds. The Morgan fingerprint density at radius 2 is 2.03 bits per heavy atom. The van der Waals surface area contributed by atoms with E-state index in [2.05, 4.69) is 25.7 Å². The lowest BCUT2D eigenvalue weighted by atomic mass is 9.86. The van der Waals surface area contributed by atoms with Gasteiger partial charge in [-0.2, -0.15) is 0 Å². The van der Waals surface area contributed by atoms with Crippen molar-refractivity contribution in [2.45, 2.75) is 59.3 Å². The predicted molar refractivity (Wildman–Crippen MR) is 147 cm³/mol. The van der Waals surface area contributed by atoms with Gasteiger partial charge in [0.2, 0.25) is 0 Å². The van der Waals surface area contributed by atoms with E-state index in [1.165, 1.54) is 0 Å². The van der Waals surface area contributed by atoms with Crippen LogP contribution in [0.5, 0.6) is 0 Å². The second-order valence-corrected chi connectivity index (χ2v) is 11.5. The zero-order chi connectivity index (χ0) is 26.1. The van der Waals surface area contributed by atoms with Crippen LogP contribution < -0.4 is 10.5 Å². The summed E-state index contributed by atoms with van der Waals surface area (Å²) in [5.41, 5.74) is 3.65. The van der Waals surface area contributed by atoms with Crippen LogP contribution >= 0.6 is 11.8 Å². The number of amidine groups is 1. The van der Waals surface area contributed by atoms with Crippen molar-refractivity contribution in [3.05, 3.63) is 51.3 Å². The lowest BCUT2D eigenvalue weighted by Gasteiger charge is -2.32. The van der Waals surface area contributed by atoms with E-state index in [1.807, 2.05) is 18.2 Å². The van der Waals surface area contributed by atoms with Gasteiger partial charge < -0.3 is 19.3 Å². The fraction of sp³-hybridized carbons (Fsp3) is 0.429. The molecule has 0 saturated heterocycles. The Morgan fingerprint density at radius 3 is 2.76 bits per heavy atom. The zero-order valence-electron chi connectivity index (χ0n) is 21.5. The minimum Gasteiger partial charge on any atom is -0.458 e. The van der Waals surface area contributed by atoms with Crippen LogP contribution in [0.4, 0.5) is 11.4 Å². The molecule has 2 aromatic heterocycles. The summed E-state index contributed by atoms with van der Waals surface area (Å²) in [6, 6.07) is 7.74. The number of carbonyl (C=O) groups excluding carboxylic acids is 1. The Hall–Kier alpha value is -3.17. The molecule has 3 aliphatic rings. The summed E-state index contributed by atoms with van der Waals surface area (Å²) < 4.78 is 6.94. The first-order valence-corrected chi connectivity index (χ1v) is 13.9. The quantitative estimate of drug-likeness (QED) is 0.383. The van der Waals surface area contributed by atoms with Crippen LogP contribution in [0.1, 0.15) is 57.2 Å². The Balaban J connectivity index is 1.62. The largest absolute Gasteiger partial charge is 0.458 e. The lowest BCUT2D eigenvalue weighted by molar-refractivity contribution is -0.172. The Morgan fingerprint density at radius 1 is 1.22 bits per heavy atom. The maximum atomic E-state index is 13.7. The number of hydrogen-bond acceptors (Lipinski definition) is 8. The van der Waals surface area contributed by atoms with Crippen molar-refractivity contribution < 1.29 is 14.6 Å². The van der Waals surface area contributed by atoms with Crippen molar-refractivity contribution >= 4 is 45.2 Å². The number of carbonyl (C=O) groups is 1. The van der Waals surface area contributed by atoms with E-state index in [0.29, 0.717) is 35.0 Å². The maximum absolute atomic E-state index is 13.7. The number of aliphatic imine (C=N–C) groups is 1. The van der Waals surface area contributed by atoms with Gasteiger partial charge in [0, 0.05) is 17.7 Å². The molecule has 0 saturated carbocycles. The number of esters is 1. The van der Waals surface area contributed by atoms with E-state index in [1.54, 1.807) is 29.3 Å². The summed E-state index contributed by atoms with van der Waals surface area (Å²) in [4.78, 5) is 38.6. The van der Waals surface area contributed by atoms with Crippen molar-refractivity contribution in [1.29, 1.82) is 0 Å². The monoisotopic (exact) mass is 518 g/mol. The fourth-order valence-electron chi connectivity index (χ4n) is 5.57. The van der Waals surface area contributed by atoms with Crippen molar-refractivity contribution in [2.75, 3.05) is 17.2 Å². The summed E-state index contributed by atoms with van der Waals surface area (Å²) in [6.45, 7) is 9.30. The van der Waals surface area contributed by atoms with Gasteiger partial charge in [-0.3, -0.25) is 4.79 Å². The third-order valence-electron chi connectivity index (χ3n) is 7.58. The number of fused-ring (bicyclic) bond motifs is 5. The summed E-state index contributed by atoms with van der Waals surface area (Å²) in [5, 5.41) is 13.2. The molecule has 0 fully saturated rings. The number of aromatic nitrogens is 2. The van der Waals surface area contributed by atoms with Crippen LogP contribution in [0.15, 0.2) is 34.1 Å². The second kappa shape index (κ2) is 8.70. The molecular formula is C28H30N4O4S. The first kappa shape index (κ1) is 24.2. The van der Waals surface area contributed by atoms with Crippen molar-refractivity contribution in [2.24, 2.45) is 10.9 Å². The maximum Gasteiger partial charge on any atom is 0.343 e. The van der Waals surface area contributed by atoms with Gasteiger partial charge >= 0.3 is 5.97 Å². The van der Waals surface area contributed by atoms with Gasteiger partial charge in [-0.05, 0) is 42.7 Å². The summed E-state index contributed by atoms with van der Waals surface area (Å²) in [7, 11) is 0. The van der Waals surface area contributed by atoms with Crippen molar-refractivity contribution in [3.8, 4) is 11.4 Å². The molecule has 0 spiro atoms. The van der Waals surface area contributed by atoms with Crippen molar-refractivity contribution in [3.63, 3.8) is 0 Å². The highest BCUT2D eigenvalue weighted by Gasteiger charge is 2.45. The molecule has 0 radical (unpaired) electrons. The summed E-state index contributed by atoms with van der Waals surface area (Å²) in [5.74, 6) is 0.700. The minimum absolute atomic E-state index is 0.116. The van der Waals surface area contributed by atoms with Crippen molar-refractivity contribution in [1.82, 2.24) is 9.55 Å². The molecule has 9 heteroatoms. The topological polar surface area (TPSA) is 97.0 Å². The molecule has 37 heavy (non-hydrogen) atoms. The average molecular weight is 519 g/mol. The number of rotatable bonds is 5. The predicted octanol–water partition coefficient (Wildman–Crippen LogP) is 4.69. The van der Waals surface area contributed by atoms with Gasteiger partial charge in [0.15, 0.2) is 10.8 Å². The van der Waals surface area contributed by atoms with Crippen LogP contribution in [0.2, 0.25) is 0 Å². The SMILES string of the molecule is CCSC1=Nc2cccc3nc4c(c(c23)N1CCC(C)C)Cn1c-4cc2c(c1=O)COC(=O)[C@]2(O)CC. The first-order chi connectivity index (χ1) is 17.8. The molecule has 1 aromatic carbocycles. The Kier molecular flexibility index (Phi) is 5.69. The number of benzene rings is 1. The van der Waals surface area contributed by atoms with Crippen LogP contribution in [0.25, 0.3) is 22.3 Å². The molecule has 0 aliphatic carbocycles.